The SMILES string of the molecule is CC[C@H](C)Oc1cc(C(=O)Nc2n[nH]c(-c3ccoc3)n2)ccn1. The number of anilines is 1. The number of aromatic amines is 1. The summed E-state index contributed by atoms with van der Waals surface area (Å²) in [5, 5.41) is 9.33. The highest BCUT2D eigenvalue weighted by atomic mass is 16.5. The molecule has 0 saturated carbocycles. The van der Waals surface area contributed by atoms with Crippen molar-refractivity contribution in [3.8, 4) is 17.3 Å². The molecule has 2 N–H and O–H groups in total. The molecular formula is C16H17N5O3. The van der Waals surface area contributed by atoms with E-state index in [2.05, 4.69) is 25.5 Å². The quantitative estimate of drug-likeness (QED) is 0.721. The van der Waals surface area contributed by atoms with E-state index in [4.69, 9.17) is 9.15 Å². The Morgan fingerprint density at radius 1 is 1.46 bits per heavy atom. The lowest BCUT2D eigenvalue weighted by Gasteiger charge is -2.11. The Labute approximate surface area is 138 Å². The van der Waals surface area contributed by atoms with Crippen molar-refractivity contribution < 1.29 is 13.9 Å². The Hall–Kier alpha value is -3.16. The second kappa shape index (κ2) is 6.95. The summed E-state index contributed by atoms with van der Waals surface area (Å²) in [7, 11) is 0. The molecule has 0 aliphatic heterocycles. The van der Waals surface area contributed by atoms with E-state index < -0.39 is 0 Å². The largest absolute Gasteiger partial charge is 0.475 e. The van der Waals surface area contributed by atoms with Crippen molar-refractivity contribution in [2.45, 2.75) is 26.4 Å². The number of rotatable bonds is 6. The number of ether oxygens (including phenoxy) is 1. The van der Waals surface area contributed by atoms with Crippen LogP contribution in [0, 0.1) is 0 Å². The number of carbonyl (C=O) groups excluding carboxylic acids is 1. The summed E-state index contributed by atoms with van der Waals surface area (Å²) < 4.78 is 10.6. The van der Waals surface area contributed by atoms with E-state index in [-0.39, 0.29) is 18.0 Å². The first-order chi connectivity index (χ1) is 11.7. The molecule has 1 amide bonds. The van der Waals surface area contributed by atoms with Crippen molar-refractivity contribution in [2.75, 3.05) is 5.32 Å². The van der Waals surface area contributed by atoms with Crippen LogP contribution in [0.4, 0.5) is 5.95 Å². The fraction of sp³-hybridized carbons (Fsp3) is 0.250. The number of hydrogen-bond acceptors (Lipinski definition) is 6. The molecule has 3 heterocycles. The fourth-order valence-electron chi connectivity index (χ4n) is 1.92. The third kappa shape index (κ3) is 3.60. The van der Waals surface area contributed by atoms with Gasteiger partial charge in [-0.3, -0.25) is 15.2 Å². The molecule has 0 aliphatic carbocycles. The van der Waals surface area contributed by atoms with E-state index in [1.54, 1.807) is 18.2 Å². The molecule has 24 heavy (non-hydrogen) atoms. The Morgan fingerprint density at radius 2 is 2.33 bits per heavy atom. The summed E-state index contributed by atoms with van der Waals surface area (Å²) in [4.78, 5) is 20.6. The van der Waals surface area contributed by atoms with Crippen molar-refractivity contribution in [3.63, 3.8) is 0 Å². The standard InChI is InChI=1S/C16H17N5O3/c1-3-10(2)24-13-8-11(4-6-17-13)15(22)19-16-18-14(20-21-16)12-5-7-23-9-12/h4-10H,3H2,1-2H3,(H2,18,19,20,21,22)/t10-/m0/s1. The zero-order valence-corrected chi connectivity index (χ0v) is 13.3. The lowest BCUT2D eigenvalue weighted by Crippen LogP contribution is -2.15. The molecule has 1 atom stereocenters. The van der Waals surface area contributed by atoms with Gasteiger partial charge in [-0.15, -0.1) is 5.10 Å². The summed E-state index contributed by atoms with van der Waals surface area (Å²) in [6.45, 7) is 3.96. The van der Waals surface area contributed by atoms with Gasteiger partial charge in [-0.05, 0) is 25.5 Å². The van der Waals surface area contributed by atoms with Crippen LogP contribution < -0.4 is 10.1 Å². The van der Waals surface area contributed by atoms with Crippen molar-refractivity contribution in [1.82, 2.24) is 20.2 Å². The summed E-state index contributed by atoms with van der Waals surface area (Å²) in [5.74, 6) is 0.752. The van der Waals surface area contributed by atoms with Gasteiger partial charge in [0.15, 0.2) is 5.82 Å². The van der Waals surface area contributed by atoms with E-state index in [0.717, 1.165) is 12.0 Å². The van der Waals surface area contributed by atoms with Gasteiger partial charge < -0.3 is 9.15 Å². The Bertz CT molecular complexity index is 813. The number of carbonyl (C=O) groups is 1. The highest BCUT2D eigenvalue weighted by Crippen LogP contribution is 2.17. The van der Waals surface area contributed by atoms with Crippen molar-refractivity contribution >= 4 is 11.9 Å². The summed E-state index contributed by atoms with van der Waals surface area (Å²) in [6, 6.07) is 4.93. The van der Waals surface area contributed by atoms with Gasteiger partial charge in [0.25, 0.3) is 5.91 Å². The Kier molecular flexibility index (Phi) is 4.55. The van der Waals surface area contributed by atoms with Crippen LogP contribution in [0.1, 0.15) is 30.6 Å². The van der Waals surface area contributed by atoms with Crippen molar-refractivity contribution in [3.05, 3.63) is 42.5 Å². The third-order valence-corrected chi connectivity index (χ3v) is 3.40. The smallest absolute Gasteiger partial charge is 0.258 e. The van der Waals surface area contributed by atoms with Crippen molar-refractivity contribution in [1.29, 1.82) is 0 Å². The number of aromatic nitrogens is 4. The van der Waals surface area contributed by atoms with Crippen LogP contribution in [0.15, 0.2) is 41.3 Å². The molecule has 0 unspecified atom stereocenters. The normalized spacial score (nSPS) is 11.9. The van der Waals surface area contributed by atoms with E-state index in [1.807, 2.05) is 13.8 Å². The molecule has 3 aromatic rings. The van der Waals surface area contributed by atoms with Gasteiger partial charge in [0.2, 0.25) is 11.8 Å². The van der Waals surface area contributed by atoms with Gasteiger partial charge in [-0.1, -0.05) is 6.92 Å². The lowest BCUT2D eigenvalue weighted by atomic mass is 10.2. The van der Waals surface area contributed by atoms with E-state index >= 15 is 0 Å². The molecule has 0 bridgehead atoms. The number of furan rings is 1. The average molecular weight is 327 g/mol. The van der Waals surface area contributed by atoms with E-state index in [9.17, 15) is 4.79 Å². The zero-order valence-electron chi connectivity index (χ0n) is 13.3. The van der Waals surface area contributed by atoms with Gasteiger partial charge in [0, 0.05) is 17.8 Å². The van der Waals surface area contributed by atoms with Crippen LogP contribution in [0.5, 0.6) is 5.88 Å². The minimum absolute atomic E-state index is 0.0290. The van der Waals surface area contributed by atoms with Crippen LogP contribution in [0.3, 0.4) is 0 Å². The van der Waals surface area contributed by atoms with Gasteiger partial charge in [0.1, 0.15) is 6.26 Å². The third-order valence-electron chi connectivity index (χ3n) is 3.40. The van der Waals surface area contributed by atoms with Crippen LogP contribution in [-0.2, 0) is 0 Å². The molecule has 124 valence electrons. The number of H-pyrrole nitrogens is 1. The summed E-state index contributed by atoms with van der Waals surface area (Å²) >= 11 is 0. The minimum Gasteiger partial charge on any atom is -0.475 e. The topological polar surface area (TPSA) is 106 Å². The maximum absolute atomic E-state index is 12.3. The molecule has 8 heteroatoms. The highest BCUT2D eigenvalue weighted by Gasteiger charge is 2.13. The Balaban J connectivity index is 1.70. The molecule has 3 rings (SSSR count). The monoisotopic (exact) mass is 327 g/mol. The number of nitrogens with zero attached hydrogens (tertiary/aromatic N) is 3. The van der Waals surface area contributed by atoms with Gasteiger partial charge in [-0.25, -0.2) is 4.98 Å². The lowest BCUT2D eigenvalue weighted by molar-refractivity contribution is 0.102. The molecular weight excluding hydrogens is 310 g/mol. The maximum atomic E-state index is 12.3. The van der Waals surface area contributed by atoms with Gasteiger partial charge in [-0.2, -0.15) is 4.98 Å². The van der Waals surface area contributed by atoms with Crippen LogP contribution in [0.2, 0.25) is 0 Å². The van der Waals surface area contributed by atoms with Crippen LogP contribution >= 0.6 is 0 Å². The molecule has 0 aliphatic rings. The fourth-order valence-corrected chi connectivity index (χ4v) is 1.92. The zero-order chi connectivity index (χ0) is 16.9. The van der Waals surface area contributed by atoms with Gasteiger partial charge in [0.05, 0.1) is 17.9 Å². The second-order valence-electron chi connectivity index (χ2n) is 5.19. The first kappa shape index (κ1) is 15.7. The van der Waals surface area contributed by atoms with Crippen molar-refractivity contribution in [2.24, 2.45) is 0 Å². The predicted octanol–water partition coefficient (Wildman–Crippen LogP) is 2.89. The number of nitrogens with one attached hydrogen (secondary N) is 2. The molecule has 8 nitrogen and oxygen atoms in total. The van der Waals surface area contributed by atoms with E-state index in [1.165, 1.54) is 18.7 Å². The van der Waals surface area contributed by atoms with Crippen LogP contribution in [-0.4, -0.2) is 32.2 Å². The van der Waals surface area contributed by atoms with Crippen LogP contribution in [0.25, 0.3) is 11.4 Å². The van der Waals surface area contributed by atoms with Gasteiger partial charge >= 0.3 is 0 Å². The molecule has 0 spiro atoms. The molecule has 3 aromatic heterocycles. The maximum Gasteiger partial charge on any atom is 0.258 e. The molecule has 0 aromatic carbocycles. The minimum atomic E-state index is -0.343. The first-order valence-corrected chi connectivity index (χ1v) is 7.54. The molecule has 0 fully saturated rings. The summed E-state index contributed by atoms with van der Waals surface area (Å²) in [5.41, 5.74) is 1.16. The van der Waals surface area contributed by atoms with E-state index in [0.29, 0.717) is 17.3 Å². The summed E-state index contributed by atoms with van der Waals surface area (Å²) in [6.07, 6.45) is 5.48. The predicted molar refractivity (Wildman–Crippen MR) is 86.7 cm³/mol. The number of amides is 1. The number of pyridine rings is 1. The number of hydrogen-bond donors (Lipinski definition) is 2. The second-order valence-corrected chi connectivity index (χ2v) is 5.19. The molecule has 0 radical (unpaired) electrons. The first-order valence-electron chi connectivity index (χ1n) is 7.54. The molecule has 0 saturated heterocycles. The average Bonchev–Trinajstić information content (AvgIpc) is 3.26. The Morgan fingerprint density at radius 3 is 3.08 bits per heavy atom. The highest BCUT2D eigenvalue weighted by molar-refractivity contribution is 6.03.